The molecule has 0 saturated carbocycles. The molecule has 0 bridgehead atoms. The molecule has 0 spiro atoms. The van der Waals surface area contributed by atoms with E-state index in [0.717, 1.165) is 0 Å². The molecule has 0 aromatic carbocycles. The summed E-state index contributed by atoms with van der Waals surface area (Å²) in [5.41, 5.74) is 0. The number of ether oxygens (including phenoxy) is 2. The molecule has 90 valence electrons. The first kappa shape index (κ1) is 14.4. The fraction of sp³-hybridized carbons (Fsp3) is 0.909. The molecule has 0 unspecified atom stereocenters. The Morgan fingerprint density at radius 3 is 2.13 bits per heavy atom. The van der Waals surface area contributed by atoms with Crippen molar-refractivity contribution in [1.29, 1.82) is 0 Å². The number of amides is 1. The van der Waals surface area contributed by atoms with Gasteiger partial charge in [-0.1, -0.05) is 13.8 Å². The second-order valence-electron chi connectivity index (χ2n) is 4.15. The second-order valence-corrected chi connectivity index (χ2v) is 4.15. The zero-order chi connectivity index (χ0) is 12.0. The van der Waals surface area contributed by atoms with Gasteiger partial charge in [-0.05, 0) is 0 Å². The van der Waals surface area contributed by atoms with Crippen LogP contribution in [0.15, 0.2) is 0 Å². The van der Waals surface area contributed by atoms with E-state index in [1.165, 1.54) is 0 Å². The molecule has 0 radical (unpaired) electrons. The Hall–Kier alpha value is -0.610. The lowest BCUT2D eigenvalue weighted by atomic mass is 9.93. The summed E-state index contributed by atoms with van der Waals surface area (Å²) in [5.74, 6) is 0.152. The lowest BCUT2D eigenvalue weighted by Crippen LogP contribution is -2.40. The Morgan fingerprint density at radius 2 is 1.80 bits per heavy atom. The normalized spacial score (nSPS) is 16.9. The van der Waals surface area contributed by atoms with Crippen LogP contribution in [-0.2, 0) is 14.3 Å². The first-order valence-electron chi connectivity index (χ1n) is 5.18. The molecule has 0 aliphatic heterocycles. The van der Waals surface area contributed by atoms with Gasteiger partial charge >= 0.3 is 0 Å². The topological polar surface area (TPSA) is 38.8 Å². The highest BCUT2D eigenvalue weighted by Gasteiger charge is 2.29. The molecule has 0 aliphatic carbocycles. The van der Waals surface area contributed by atoms with Crippen LogP contribution in [0, 0.1) is 11.8 Å². The fourth-order valence-electron chi connectivity index (χ4n) is 1.83. The first-order chi connectivity index (χ1) is 6.95. The molecule has 0 aromatic rings. The molecule has 0 saturated heterocycles. The highest BCUT2D eigenvalue weighted by molar-refractivity contribution is 5.78. The van der Waals surface area contributed by atoms with Gasteiger partial charge in [0.05, 0.1) is 18.6 Å². The third kappa shape index (κ3) is 4.18. The molecule has 0 aromatic heterocycles. The molecule has 3 atom stereocenters. The van der Waals surface area contributed by atoms with Crippen molar-refractivity contribution in [1.82, 2.24) is 4.90 Å². The predicted molar refractivity (Wildman–Crippen MR) is 59.7 cm³/mol. The van der Waals surface area contributed by atoms with Crippen molar-refractivity contribution in [2.24, 2.45) is 11.8 Å². The average Bonchev–Trinajstić information content (AvgIpc) is 2.17. The Kier molecular flexibility index (Phi) is 6.52. The number of hydrogen-bond donors (Lipinski definition) is 0. The Labute approximate surface area is 92.5 Å². The molecule has 0 heterocycles. The van der Waals surface area contributed by atoms with Crippen LogP contribution in [0.2, 0.25) is 0 Å². The van der Waals surface area contributed by atoms with Crippen molar-refractivity contribution in [3.8, 4) is 0 Å². The monoisotopic (exact) mass is 217 g/mol. The van der Waals surface area contributed by atoms with Crippen molar-refractivity contribution in [2.45, 2.75) is 20.0 Å². The molecule has 0 N–H and O–H groups in total. The molecule has 15 heavy (non-hydrogen) atoms. The van der Waals surface area contributed by atoms with Gasteiger partial charge in [0.2, 0.25) is 5.91 Å². The summed E-state index contributed by atoms with van der Waals surface area (Å²) < 4.78 is 10.4. The molecular formula is C11H23NO3. The number of carbonyl (C=O) groups excluding carboxylic acids is 1. The third-order valence-corrected chi connectivity index (χ3v) is 2.59. The van der Waals surface area contributed by atoms with Crippen molar-refractivity contribution < 1.29 is 14.3 Å². The fourth-order valence-corrected chi connectivity index (χ4v) is 1.83. The van der Waals surface area contributed by atoms with Crippen LogP contribution in [0.5, 0.6) is 0 Å². The number of methoxy groups -OCH3 is 2. The molecule has 0 aliphatic rings. The summed E-state index contributed by atoms with van der Waals surface area (Å²) >= 11 is 0. The van der Waals surface area contributed by atoms with Crippen LogP contribution in [-0.4, -0.2) is 51.8 Å². The largest absolute Gasteiger partial charge is 0.384 e. The smallest absolute Gasteiger partial charge is 0.227 e. The van der Waals surface area contributed by atoms with E-state index >= 15 is 0 Å². The van der Waals surface area contributed by atoms with E-state index in [9.17, 15) is 4.79 Å². The van der Waals surface area contributed by atoms with Crippen LogP contribution < -0.4 is 0 Å². The minimum absolute atomic E-state index is 0.0878. The molecule has 0 rings (SSSR count). The maximum atomic E-state index is 11.8. The molecule has 0 fully saturated rings. The van der Waals surface area contributed by atoms with Crippen LogP contribution >= 0.6 is 0 Å². The van der Waals surface area contributed by atoms with Crippen LogP contribution in [0.3, 0.4) is 0 Å². The predicted octanol–water partition coefficient (Wildman–Crippen LogP) is 1.01. The van der Waals surface area contributed by atoms with Gasteiger partial charge < -0.3 is 14.4 Å². The van der Waals surface area contributed by atoms with E-state index in [-0.39, 0.29) is 23.8 Å². The number of rotatable bonds is 6. The number of carbonyl (C=O) groups is 1. The van der Waals surface area contributed by atoms with Gasteiger partial charge in [-0.25, -0.2) is 0 Å². The average molecular weight is 217 g/mol. The number of hydrogen-bond acceptors (Lipinski definition) is 3. The summed E-state index contributed by atoms with van der Waals surface area (Å²) in [6.45, 7) is 4.52. The zero-order valence-electron chi connectivity index (χ0n) is 10.6. The first-order valence-corrected chi connectivity index (χ1v) is 5.18. The SMILES string of the molecule is COC[C@H](C)[C@H](OC)[C@@H](C)C(=O)N(C)C. The molecular weight excluding hydrogens is 194 g/mol. The van der Waals surface area contributed by atoms with Gasteiger partial charge in [-0.2, -0.15) is 0 Å². The van der Waals surface area contributed by atoms with Gasteiger partial charge in [0.1, 0.15) is 0 Å². The van der Waals surface area contributed by atoms with Gasteiger partial charge in [0.25, 0.3) is 0 Å². The third-order valence-electron chi connectivity index (χ3n) is 2.59. The standard InChI is InChI=1S/C11H23NO3/c1-8(7-14-5)10(15-6)9(2)11(13)12(3)4/h8-10H,7H2,1-6H3/t8-,9+,10-/m0/s1. The quantitative estimate of drug-likeness (QED) is 0.666. The highest BCUT2D eigenvalue weighted by atomic mass is 16.5. The van der Waals surface area contributed by atoms with E-state index in [1.807, 2.05) is 13.8 Å². The Bertz CT molecular complexity index is 194. The molecule has 4 heteroatoms. The van der Waals surface area contributed by atoms with Crippen molar-refractivity contribution >= 4 is 5.91 Å². The maximum absolute atomic E-state index is 11.8. The summed E-state index contributed by atoms with van der Waals surface area (Å²) in [7, 11) is 6.80. The Morgan fingerprint density at radius 1 is 1.27 bits per heavy atom. The lowest BCUT2D eigenvalue weighted by molar-refractivity contribution is -0.139. The second kappa shape index (κ2) is 6.80. The lowest BCUT2D eigenvalue weighted by Gasteiger charge is -2.28. The molecule has 4 nitrogen and oxygen atoms in total. The van der Waals surface area contributed by atoms with Gasteiger partial charge in [0.15, 0.2) is 0 Å². The van der Waals surface area contributed by atoms with E-state index < -0.39 is 0 Å². The van der Waals surface area contributed by atoms with E-state index in [0.29, 0.717) is 6.61 Å². The van der Waals surface area contributed by atoms with Crippen LogP contribution in [0.4, 0.5) is 0 Å². The van der Waals surface area contributed by atoms with Crippen molar-refractivity contribution in [3.63, 3.8) is 0 Å². The summed E-state index contributed by atoms with van der Waals surface area (Å²) in [6.07, 6.45) is -0.0974. The summed E-state index contributed by atoms with van der Waals surface area (Å²) in [5, 5.41) is 0. The van der Waals surface area contributed by atoms with Gasteiger partial charge in [0, 0.05) is 34.2 Å². The van der Waals surface area contributed by atoms with Gasteiger partial charge in [-0.3, -0.25) is 4.79 Å². The van der Waals surface area contributed by atoms with Gasteiger partial charge in [-0.15, -0.1) is 0 Å². The summed E-state index contributed by atoms with van der Waals surface area (Å²) in [6, 6.07) is 0. The van der Waals surface area contributed by atoms with E-state index in [2.05, 4.69) is 0 Å². The zero-order valence-corrected chi connectivity index (χ0v) is 10.6. The van der Waals surface area contributed by atoms with Crippen molar-refractivity contribution in [3.05, 3.63) is 0 Å². The number of nitrogens with zero attached hydrogens (tertiary/aromatic N) is 1. The van der Waals surface area contributed by atoms with Crippen LogP contribution in [0.25, 0.3) is 0 Å². The minimum Gasteiger partial charge on any atom is -0.384 e. The van der Waals surface area contributed by atoms with Crippen molar-refractivity contribution in [2.75, 3.05) is 34.9 Å². The summed E-state index contributed by atoms with van der Waals surface area (Å²) in [4.78, 5) is 13.4. The highest BCUT2D eigenvalue weighted by Crippen LogP contribution is 2.18. The van der Waals surface area contributed by atoms with E-state index in [4.69, 9.17) is 9.47 Å². The van der Waals surface area contributed by atoms with Crippen LogP contribution in [0.1, 0.15) is 13.8 Å². The minimum atomic E-state index is -0.143. The Balaban J connectivity index is 4.45. The maximum Gasteiger partial charge on any atom is 0.227 e. The van der Waals surface area contributed by atoms with E-state index in [1.54, 1.807) is 33.2 Å². The molecule has 1 amide bonds.